The molecule has 13 heteroatoms. The van der Waals surface area contributed by atoms with Crippen LogP contribution in [0.25, 0.3) is 0 Å². The molecule has 0 amide bonds. The van der Waals surface area contributed by atoms with Gasteiger partial charge in [-0.25, -0.2) is 9.18 Å². The van der Waals surface area contributed by atoms with Crippen molar-refractivity contribution in [1.29, 1.82) is 5.26 Å². The molecule has 0 aromatic carbocycles. The summed E-state index contributed by atoms with van der Waals surface area (Å²) in [6.07, 6.45) is -3.75. The van der Waals surface area contributed by atoms with Crippen LogP contribution in [0.3, 0.4) is 0 Å². The number of aromatic nitrogens is 3. The summed E-state index contributed by atoms with van der Waals surface area (Å²) < 4.78 is 24.9. The Balaban J connectivity index is 2.33. The molecule has 0 radical (unpaired) electrons. The van der Waals surface area contributed by atoms with E-state index in [1.165, 1.54) is 6.07 Å². The van der Waals surface area contributed by atoms with Gasteiger partial charge in [0.25, 0.3) is 11.6 Å². The van der Waals surface area contributed by atoms with Gasteiger partial charge >= 0.3 is 11.7 Å². The van der Waals surface area contributed by atoms with Gasteiger partial charge in [-0.05, 0) is 5.92 Å². The molecule has 0 spiro atoms. The third-order valence-electron chi connectivity index (χ3n) is 4.05. The second-order valence-corrected chi connectivity index (χ2v) is 6.34. The number of hydrogen-bond acceptors (Lipinski definition) is 11. The molecule has 6 N–H and O–H groups in total. The highest BCUT2D eigenvalue weighted by Crippen LogP contribution is 2.41. The first-order valence-corrected chi connectivity index (χ1v) is 7.79. The zero-order chi connectivity index (χ0) is 20.6. The van der Waals surface area contributed by atoms with E-state index in [9.17, 15) is 25.1 Å². The van der Waals surface area contributed by atoms with E-state index in [0.717, 1.165) is 6.20 Å². The van der Waals surface area contributed by atoms with Gasteiger partial charge in [-0.15, -0.1) is 0 Å². The largest absolute Gasteiger partial charge is 0.458 e. The van der Waals surface area contributed by atoms with Gasteiger partial charge in [0.1, 0.15) is 30.1 Å². The predicted octanol–water partition coefficient (Wildman–Crippen LogP) is -2.66. The molecule has 0 bridgehead atoms. The normalized spacial score (nSPS) is 31.5. The van der Waals surface area contributed by atoms with Crippen LogP contribution in [0.5, 0.6) is 0 Å². The minimum atomic E-state index is -3.22. The Kier molecular flexibility index (Phi) is 5.47. The third kappa shape index (κ3) is 3.47. The first kappa shape index (κ1) is 20.6. The van der Waals surface area contributed by atoms with E-state index >= 15 is 4.39 Å². The maximum absolute atomic E-state index is 15.1. The Bertz CT molecular complexity index is 827. The molecule has 1 aliphatic rings. The minimum Gasteiger partial charge on any atom is -0.458 e. The van der Waals surface area contributed by atoms with Gasteiger partial charge in [0.15, 0.2) is 6.61 Å². The molecule has 2 rings (SSSR count). The predicted molar refractivity (Wildman–Crippen MR) is 85.0 cm³/mol. The van der Waals surface area contributed by atoms with Crippen molar-refractivity contribution in [2.75, 3.05) is 12.3 Å². The number of rotatable bonds is 5. The summed E-state index contributed by atoms with van der Waals surface area (Å²) in [4.78, 5) is 27.0. The molecule has 1 fully saturated rings. The number of nitrogens with zero attached hydrogens (tertiary/aromatic N) is 4. The molecule has 1 aromatic heterocycles. The quantitative estimate of drug-likeness (QED) is 0.385. The summed E-state index contributed by atoms with van der Waals surface area (Å²) >= 11 is 0. The molecule has 1 aliphatic heterocycles. The topological polar surface area (TPSA) is 200 Å². The minimum absolute atomic E-state index is 0.236. The smallest absolute Gasteiger partial charge is 0.369 e. The molecule has 1 aromatic rings. The van der Waals surface area contributed by atoms with E-state index in [2.05, 4.69) is 10.1 Å². The number of anilines is 1. The highest BCUT2D eigenvalue weighted by atomic mass is 19.2. The fourth-order valence-corrected chi connectivity index (χ4v) is 2.37. The first-order chi connectivity index (χ1) is 12.5. The monoisotopic (exact) mass is 386 g/mol. The average Bonchev–Trinajstić information content (AvgIpc) is 2.81. The number of nitriles is 1. The van der Waals surface area contributed by atoms with Crippen LogP contribution >= 0.6 is 0 Å². The summed E-state index contributed by atoms with van der Waals surface area (Å²) in [6, 6.07) is 0.334. The van der Waals surface area contributed by atoms with Crippen molar-refractivity contribution >= 4 is 11.8 Å². The van der Waals surface area contributed by atoms with Crippen molar-refractivity contribution in [3.05, 3.63) is 16.7 Å². The van der Waals surface area contributed by atoms with E-state index < -0.39 is 48.1 Å². The van der Waals surface area contributed by atoms with Crippen LogP contribution in [0.4, 0.5) is 10.2 Å². The lowest BCUT2D eigenvalue weighted by Gasteiger charge is -2.26. The zero-order valence-electron chi connectivity index (χ0n) is 14.4. The zero-order valence-corrected chi connectivity index (χ0v) is 14.4. The molecule has 5 atom stereocenters. The Labute approximate surface area is 152 Å². The van der Waals surface area contributed by atoms with Crippen molar-refractivity contribution in [3.63, 3.8) is 0 Å². The lowest BCUT2D eigenvalue weighted by atomic mass is 10.0. The number of hydrogen-bond donors (Lipinski definition) is 4. The summed E-state index contributed by atoms with van der Waals surface area (Å²) in [5, 5.41) is 33.2. The second-order valence-electron chi connectivity index (χ2n) is 6.34. The number of carbonyl (C=O) groups is 1. The van der Waals surface area contributed by atoms with E-state index in [-0.39, 0.29) is 16.4 Å². The molecule has 0 unspecified atom stereocenters. The molecule has 27 heavy (non-hydrogen) atoms. The Hall–Kier alpha value is -2.66. The van der Waals surface area contributed by atoms with E-state index in [1.807, 2.05) is 0 Å². The average molecular weight is 386 g/mol. The van der Waals surface area contributed by atoms with Crippen molar-refractivity contribution in [3.8, 4) is 6.07 Å². The van der Waals surface area contributed by atoms with Crippen LogP contribution < -0.4 is 17.2 Å². The van der Waals surface area contributed by atoms with Crippen LogP contribution in [-0.2, 0) is 20.0 Å². The van der Waals surface area contributed by atoms with Gasteiger partial charge in [0.2, 0.25) is 0 Å². The number of nitrogens with two attached hydrogens (primary N) is 2. The number of alkyl halides is 1. The van der Waals surface area contributed by atoms with E-state index in [1.54, 1.807) is 13.8 Å². The maximum atomic E-state index is 15.1. The summed E-state index contributed by atoms with van der Waals surface area (Å²) in [6.45, 7) is 2.08. The maximum Gasteiger partial charge on any atom is 0.369 e. The van der Waals surface area contributed by atoms with Crippen molar-refractivity contribution in [1.82, 2.24) is 14.8 Å². The molecule has 0 saturated carbocycles. The summed E-state index contributed by atoms with van der Waals surface area (Å²) in [7, 11) is 0. The van der Waals surface area contributed by atoms with Crippen LogP contribution in [0.2, 0.25) is 0 Å². The van der Waals surface area contributed by atoms with Crippen molar-refractivity contribution < 1.29 is 28.9 Å². The van der Waals surface area contributed by atoms with Crippen LogP contribution in [-0.4, -0.2) is 61.7 Å². The number of carbonyl (C=O) groups excluding carboxylic acids is 1. The SMILES string of the molecule is CC(C)[C@H](N)C(=O)OC[C@@]1(F)O[C@@](C#N)(n2ncc(N)nc2=O)[C@H](O)[C@@H]1O. The lowest BCUT2D eigenvalue weighted by molar-refractivity contribution is -0.237. The van der Waals surface area contributed by atoms with Gasteiger partial charge < -0.3 is 26.4 Å². The number of halogens is 1. The number of esters is 1. The van der Waals surface area contributed by atoms with Gasteiger partial charge in [-0.1, -0.05) is 13.8 Å². The Morgan fingerprint density at radius 1 is 1.56 bits per heavy atom. The number of aliphatic hydroxyl groups is 2. The number of aliphatic hydroxyl groups excluding tert-OH is 2. The van der Waals surface area contributed by atoms with E-state index in [4.69, 9.17) is 20.9 Å². The first-order valence-electron chi connectivity index (χ1n) is 7.79. The summed E-state index contributed by atoms with van der Waals surface area (Å²) in [5.41, 5.74) is 6.87. The van der Waals surface area contributed by atoms with Gasteiger partial charge in [0.05, 0.1) is 6.20 Å². The molecule has 12 nitrogen and oxygen atoms in total. The van der Waals surface area contributed by atoms with Crippen LogP contribution in [0, 0.1) is 17.2 Å². The molecule has 148 valence electrons. The molecule has 1 saturated heterocycles. The van der Waals surface area contributed by atoms with Crippen LogP contribution in [0.1, 0.15) is 13.8 Å². The Morgan fingerprint density at radius 2 is 2.19 bits per heavy atom. The summed E-state index contributed by atoms with van der Waals surface area (Å²) in [5.74, 6) is -4.80. The fraction of sp³-hybridized carbons (Fsp3) is 0.643. The lowest BCUT2D eigenvalue weighted by Crippen LogP contribution is -2.51. The van der Waals surface area contributed by atoms with Gasteiger partial charge in [-0.3, -0.25) is 9.53 Å². The van der Waals surface area contributed by atoms with Gasteiger partial charge in [-0.2, -0.15) is 20.0 Å². The van der Waals surface area contributed by atoms with E-state index in [0.29, 0.717) is 0 Å². The molecule has 2 heterocycles. The Morgan fingerprint density at radius 3 is 2.70 bits per heavy atom. The molecule has 0 aliphatic carbocycles. The van der Waals surface area contributed by atoms with Crippen LogP contribution in [0.15, 0.2) is 11.0 Å². The third-order valence-corrected chi connectivity index (χ3v) is 4.05. The van der Waals surface area contributed by atoms with Crippen molar-refractivity contribution in [2.45, 2.75) is 43.7 Å². The van der Waals surface area contributed by atoms with Gasteiger partial charge in [0, 0.05) is 0 Å². The highest BCUT2D eigenvalue weighted by molar-refractivity contribution is 5.75. The standard InChI is InChI=1S/C14H19FN6O6/c1-6(2)8(18)11(24)26-5-13(15)9(22)10(23)14(4-16,27-13)21-12(25)20-7(17)3-19-21/h3,6,8-10,22-23H,5,18H2,1-2H3,(H2,17,20,25)/t8-,9-,10+,13+,14+/m0/s1. The van der Waals surface area contributed by atoms with Crippen molar-refractivity contribution in [2.24, 2.45) is 11.7 Å². The number of ether oxygens (including phenoxy) is 2. The highest BCUT2D eigenvalue weighted by Gasteiger charge is 2.67. The molecular weight excluding hydrogens is 367 g/mol. The molecular formula is C14H19FN6O6. The second kappa shape index (κ2) is 7.16. The fourth-order valence-electron chi connectivity index (χ4n) is 2.37. The number of nitrogen functional groups attached to an aromatic ring is 1.